The Morgan fingerprint density at radius 2 is 1.50 bits per heavy atom. The molecule has 0 fully saturated rings. The maximum absolute atomic E-state index is 13.2. The fourth-order valence-corrected chi connectivity index (χ4v) is 4.53. The zero-order chi connectivity index (χ0) is 19.0. The summed E-state index contributed by atoms with van der Waals surface area (Å²) < 4.78 is 13.0. The molecule has 2 aromatic rings. The van der Waals surface area contributed by atoms with E-state index in [0.29, 0.717) is 10.9 Å². The van der Waals surface area contributed by atoms with Crippen LogP contribution in [0.4, 0.5) is 0 Å². The molecule has 138 valence electrons. The molecule has 2 aromatic carbocycles. The zero-order valence-electron chi connectivity index (χ0n) is 16.2. The third-order valence-electron chi connectivity index (χ3n) is 4.88. The van der Waals surface area contributed by atoms with Crippen molar-refractivity contribution in [2.45, 2.75) is 59.3 Å². The van der Waals surface area contributed by atoms with Gasteiger partial charge in [-0.3, -0.25) is 4.79 Å². The molecule has 0 saturated carbocycles. The second kappa shape index (κ2) is 9.78. The van der Waals surface area contributed by atoms with Gasteiger partial charge in [-0.1, -0.05) is 87.8 Å². The summed E-state index contributed by atoms with van der Waals surface area (Å²) in [7, 11) is -1.76. The topological polar surface area (TPSA) is 34.1 Å². The number of unbranched alkanes of at least 4 members (excludes halogenated alkanes) is 4. The molecule has 0 amide bonds. The summed E-state index contributed by atoms with van der Waals surface area (Å²) in [6.07, 6.45) is 6.82. The van der Waals surface area contributed by atoms with Crippen LogP contribution in [0.3, 0.4) is 0 Å². The van der Waals surface area contributed by atoms with Crippen molar-refractivity contribution >= 4 is 24.2 Å². The third kappa shape index (κ3) is 5.35. The van der Waals surface area contributed by atoms with Crippen LogP contribution >= 0.6 is 7.80 Å². The first-order valence-electron chi connectivity index (χ1n) is 9.63. The summed E-state index contributed by atoms with van der Waals surface area (Å²) in [5, 5.41) is 1.41. The molecule has 1 atom stereocenters. The lowest BCUT2D eigenvalue weighted by Crippen LogP contribution is -2.28. The Kier molecular flexibility index (Phi) is 7.72. The zero-order valence-corrected chi connectivity index (χ0v) is 17.1. The largest absolute Gasteiger partial charge is 0.416 e. The Morgan fingerprint density at radius 1 is 0.885 bits per heavy atom. The lowest BCUT2D eigenvalue weighted by atomic mass is 9.79. The first kappa shape index (κ1) is 20.5. The van der Waals surface area contributed by atoms with Crippen LogP contribution in [0.1, 0.15) is 69.7 Å². The summed E-state index contributed by atoms with van der Waals surface area (Å²) in [4.78, 5) is 13.2. The predicted molar refractivity (Wildman–Crippen MR) is 111 cm³/mol. The molecule has 0 aliphatic rings. The van der Waals surface area contributed by atoms with Gasteiger partial charge < -0.3 is 0 Å². The van der Waals surface area contributed by atoms with E-state index in [2.05, 4.69) is 6.92 Å². The highest BCUT2D eigenvalue weighted by Gasteiger charge is 2.35. The van der Waals surface area contributed by atoms with E-state index in [1.807, 2.05) is 68.4 Å². The van der Waals surface area contributed by atoms with Crippen LogP contribution in [-0.2, 0) is 4.57 Å². The molecule has 0 bridgehead atoms. The van der Waals surface area contributed by atoms with Crippen LogP contribution in [0, 0.1) is 5.41 Å². The van der Waals surface area contributed by atoms with E-state index in [9.17, 15) is 9.36 Å². The lowest BCUT2D eigenvalue weighted by Gasteiger charge is -2.23. The van der Waals surface area contributed by atoms with Crippen molar-refractivity contribution in [1.82, 2.24) is 0 Å². The summed E-state index contributed by atoms with van der Waals surface area (Å²) in [5.74, 6) is 0.0999. The monoisotopic (exact) mass is 369 g/mol. The van der Waals surface area contributed by atoms with Crippen LogP contribution in [0.2, 0.25) is 0 Å². The number of carbonyl (C=O) groups excluding carboxylic acids is 1. The second-order valence-corrected chi connectivity index (χ2v) is 9.11. The molecule has 0 radical (unpaired) electrons. The number of hydrogen-bond acceptors (Lipinski definition) is 2. The van der Waals surface area contributed by atoms with Gasteiger partial charge in [0.05, 0.1) is 5.56 Å². The van der Waals surface area contributed by atoms with Crippen molar-refractivity contribution in [2.24, 2.45) is 5.41 Å². The summed E-state index contributed by atoms with van der Waals surface area (Å²) >= 11 is 0. The van der Waals surface area contributed by atoms with Crippen molar-refractivity contribution in [1.29, 1.82) is 0 Å². The molecule has 0 heterocycles. The third-order valence-corrected chi connectivity index (χ3v) is 6.47. The first-order chi connectivity index (χ1) is 12.5. The number of ketones is 1. The van der Waals surface area contributed by atoms with Crippen molar-refractivity contribution in [3.05, 3.63) is 60.2 Å². The SMILES string of the molecule is CCCCCCCC(C)(C)C(=O)c1ccccc1[P+](=O)c1ccccc1. The molecule has 2 nitrogen and oxygen atoms in total. The van der Waals surface area contributed by atoms with Crippen LogP contribution < -0.4 is 10.6 Å². The Morgan fingerprint density at radius 3 is 2.19 bits per heavy atom. The van der Waals surface area contributed by atoms with Gasteiger partial charge in [0, 0.05) is 5.41 Å². The van der Waals surface area contributed by atoms with Crippen molar-refractivity contribution in [3.63, 3.8) is 0 Å². The fourth-order valence-electron chi connectivity index (χ4n) is 3.19. The van der Waals surface area contributed by atoms with Crippen LogP contribution in [0.25, 0.3) is 0 Å². The van der Waals surface area contributed by atoms with E-state index in [0.717, 1.165) is 18.1 Å². The highest BCUT2D eigenvalue weighted by atomic mass is 31.1. The highest BCUT2D eigenvalue weighted by molar-refractivity contribution is 7.61. The molecule has 0 N–H and O–H groups in total. The van der Waals surface area contributed by atoms with Gasteiger partial charge in [0.2, 0.25) is 5.30 Å². The molecule has 1 unspecified atom stereocenters. The van der Waals surface area contributed by atoms with Gasteiger partial charge in [-0.25, -0.2) is 0 Å². The molecule has 0 aliphatic carbocycles. The lowest BCUT2D eigenvalue weighted by molar-refractivity contribution is 0.0824. The molecule has 2 rings (SSSR count). The summed E-state index contributed by atoms with van der Waals surface area (Å²) in [5.41, 5.74) is 0.172. The summed E-state index contributed by atoms with van der Waals surface area (Å²) in [6, 6.07) is 16.8. The van der Waals surface area contributed by atoms with Gasteiger partial charge in [-0.2, -0.15) is 0 Å². The molecule has 26 heavy (non-hydrogen) atoms. The number of Topliss-reactive ketones (excluding diaryl/α,β-unsaturated/α-hetero) is 1. The Labute approximate surface area is 158 Å². The van der Waals surface area contributed by atoms with Crippen LogP contribution in [0.15, 0.2) is 54.6 Å². The Bertz CT molecular complexity index is 735. The number of hydrogen-bond donors (Lipinski definition) is 0. The minimum atomic E-state index is -1.76. The first-order valence-corrected chi connectivity index (χ1v) is 10.9. The molecule has 0 aliphatic heterocycles. The predicted octanol–water partition coefficient (Wildman–Crippen LogP) is 6.03. The van der Waals surface area contributed by atoms with Gasteiger partial charge in [0.1, 0.15) is 0 Å². The van der Waals surface area contributed by atoms with E-state index < -0.39 is 13.2 Å². The molecule has 0 aromatic heterocycles. The van der Waals surface area contributed by atoms with Crippen molar-refractivity contribution < 1.29 is 9.36 Å². The Hall–Kier alpha value is -1.79. The molecular formula is C23H30O2P+. The normalized spacial score (nSPS) is 12.0. The Balaban J connectivity index is 2.17. The van der Waals surface area contributed by atoms with Gasteiger partial charge in [-0.05, 0) is 30.7 Å². The van der Waals surface area contributed by atoms with E-state index >= 15 is 0 Å². The maximum Gasteiger partial charge on any atom is 0.416 e. The molecular weight excluding hydrogens is 339 g/mol. The number of benzene rings is 2. The maximum atomic E-state index is 13.2. The van der Waals surface area contributed by atoms with Gasteiger partial charge in [-0.15, -0.1) is 0 Å². The van der Waals surface area contributed by atoms with E-state index in [1.165, 1.54) is 25.7 Å². The van der Waals surface area contributed by atoms with Gasteiger partial charge in [0.15, 0.2) is 11.1 Å². The minimum absolute atomic E-state index is 0.0999. The highest BCUT2D eigenvalue weighted by Crippen LogP contribution is 2.31. The van der Waals surface area contributed by atoms with Crippen LogP contribution in [0.5, 0.6) is 0 Å². The smallest absolute Gasteiger partial charge is 0.293 e. The number of rotatable bonds is 10. The van der Waals surface area contributed by atoms with Crippen molar-refractivity contribution in [2.75, 3.05) is 0 Å². The van der Waals surface area contributed by atoms with E-state index in [1.54, 1.807) is 0 Å². The number of carbonyl (C=O) groups is 1. The standard InChI is InChI=1S/C23H30O2P/c1-4-5-6-7-13-18-23(2,3)22(24)20-16-11-12-17-21(20)26(25)19-14-9-8-10-15-19/h8-12,14-17H,4-7,13,18H2,1-3H3/q+1. The van der Waals surface area contributed by atoms with Crippen molar-refractivity contribution in [3.8, 4) is 0 Å². The van der Waals surface area contributed by atoms with E-state index in [-0.39, 0.29) is 5.78 Å². The van der Waals surface area contributed by atoms with Gasteiger partial charge >= 0.3 is 7.80 Å². The average Bonchev–Trinajstić information content (AvgIpc) is 2.67. The summed E-state index contributed by atoms with van der Waals surface area (Å²) in [6.45, 7) is 6.24. The quantitative estimate of drug-likeness (QED) is 0.291. The van der Waals surface area contributed by atoms with Crippen LogP contribution in [-0.4, -0.2) is 5.78 Å². The fraction of sp³-hybridized carbons (Fsp3) is 0.435. The molecule has 0 spiro atoms. The minimum Gasteiger partial charge on any atom is -0.293 e. The van der Waals surface area contributed by atoms with Gasteiger partial charge in [0.25, 0.3) is 0 Å². The molecule has 3 heteroatoms. The second-order valence-electron chi connectivity index (χ2n) is 7.52. The average molecular weight is 369 g/mol. The molecule has 0 saturated heterocycles. The van der Waals surface area contributed by atoms with E-state index in [4.69, 9.17) is 0 Å².